The van der Waals surface area contributed by atoms with E-state index in [2.05, 4.69) is 6.07 Å². The SMILES string of the molecule is O=C(c1cccs1)N1CCCSc2ccccc21. The highest BCUT2D eigenvalue weighted by molar-refractivity contribution is 7.99. The van der Waals surface area contributed by atoms with Gasteiger partial charge in [-0.2, -0.15) is 0 Å². The number of para-hydroxylation sites is 1. The van der Waals surface area contributed by atoms with E-state index in [1.807, 2.05) is 52.4 Å². The predicted molar refractivity (Wildman–Crippen MR) is 77.8 cm³/mol. The quantitative estimate of drug-likeness (QED) is 0.787. The third-order valence-electron chi connectivity index (χ3n) is 2.92. The Morgan fingerprint density at radius 1 is 1.17 bits per heavy atom. The number of anilines is 1. The second-order valence-electron chi connectivity index (χ2n) is 4.10. The van der Waals surface area contributed by atoms with E-state index in [0.717, 1.165) is 29.3 Å². The molecule has 1 amide bonds. The zero-order valence-electron chi connectivity index (χ0n) is 9.83. The highest BCUT2D eigenvalue weighted by atomic mass is 32.2. The number of benzene rings is 1. The van der Waals surface area contributed by atoms with Gasteiger partial charge in [0, 0.05) is 11.4 Å². The van der Waals surface area contributed by atoms with Crippen molar-refractivity contribution in [3.05, 3.63) is 46.7 Å². The number of fused-ring (bicyclic) bond motifs is 1. The van der Waals surface area contributed by atoms with Crippen LogP contribution in [-0.2, 0) is 0 Å². The molecule has 0 N–H and O–H groups in total. The highest BCUT2D eigenvalue weighted by Crippen LogP contribution is 2.34. The highest BCUT2D eigenvalue weighted by Gasteiger charge is 2.22. The van der Waals surface area contributed by atoms with Crippen LogP contribution in [0.4, 0.5) is 5.69 Å². The Hall–Kier alpha value is -1.26. The normalized spacial score (nSPS) is 15.0. The van der Waals surface area contributed by atoms with E-state index >= 15 is 0 Å². The number of amides is 1. The van der Waals surface area contributed by atoms with Gasteiger partial charge in [0.1, 0.15) is 0 Å². The molecule has 1 aromatic carbocycles. The molecule has 0 atom stereocenters. The summed E-state index contributed by atoms with van der Waals surface area (Å²) in [5, 5.41) is 1.95. The Kier molecular flexibility index (Phi) is 3.39. The minimum atomic E-state index is 0.125. The molecule has 18 heavy (non-hydrogen) atoms. The summed E-state index contributed by atoms with van der Waals surface area (Å²) in [6, 6.07) is 12.0. The molecule has 2 heterocycles. The Balaban J connectivity index is 1.99. The Bertz CT molecular complexity index is 551. The third-order valence-corrected chi connectivity index (χ3v) is 4.92. The molecule has 0 fully saturated rings. The van der Waals surface area contributed by atoms with Gasteiger partial charge in [-0.15, -0.1) is 23.1 Å². The van der Waals surface area contributed by atoms with Gasteiger partial charge in [-0.3, -0.25) is 4.79 Å². The molecule has 0 bridgehead atoms. The maximum atomic E-state index is 12.5. The summed E-state index contributed by atoms with van der Waals surface area (Å²) in [4.78, 5) is 16.4. The molecular formula is C14H13NOS2. The van der Waals surface area contributed by atoms with E-state index in [0.29, 0.717) is 0 Å². The zero-order valence-corrected chi connectivity index (χ0v) is 11.5. The lowest BCUT2D eigenvalue weighted by molar-refractivity contribution is 0.0990. The van der Waals surface area contributed by atoms with Crippen molar-refractivity contribution < 1.29 is 4.79 Å². The molecule has 0 spiro atoms. The molecule has 0 saturated carbocycles. The average molecular weight is 275 g/mol. The van der Waals surface area contributed by atoms with Crippen LogP contribution in [0.5, 0.6) is 0 Å². The van der Waals surface area contributed by atoms with Gasteiger partial charge in [0.15, 0.2) is 0 Å². The van der Waals surface area contributed by atoms with Crippen molar-refractivity contribution in [1.29, 1.82) is 0 Å². The van der Waals surface area contributed by atoms with Gasteiger partial charge in [-0.25, -0.2) is 0 Å². The van der Waals surface area contributed by atoms with Gasteiger partial charge in [0.05, 0.1) is 10.6 Å². The van der Waals surface area contributed by atoms with Crippen molar-refractivity contribution in [3.8, 4) is 0 Å². The maximum absolute atomic E-state index is 12.5. The van der Waals surface area contributed by atoms with Crippen LogP contribution in [0.25, 0.3) is 0 Å². The molecular weight excluding hydrogens is 262 g/mol. The number of thiophene rings is 1. The van der Waals surface area contributed by atoms with Crippen molar-refractivity contribution >= 4 is 34.7 Å². The first-order chi connectivity index (χ1) is 8.86. The van der Waals surface area contributed by atoms with Crippen molar-refractivity contribution in [2.24, 2.45) is 0 Å². The fraction of sp³-hybridized carbons (Fsp3) is 0.214. The van der Waals surface area contributed by atoms with Crippen LogP contribution in [0.1, 0.15) is 16.1 Å². The minimum absolute atomic E-state index is 0.125. The first kappa shape index (κ1) is 11.8. The Morgan fingerprint density at radius 2 is 2.06 bits per heavy atom. The van der Waals surface area contributed by atoms with Crippen LogP contribution < -0.4 is 4.90 Å². The lowest BCUT2D eigenvalue weighted by Crippen LogP contribution is -2.31. The van der Waals surface area contributed by atoms with Crippen molar-refractivity contribution in [3.63, 3.8) is 0 Å². The Labute approximate surface area is 115 Å². The zero-order chi connectivity index (χ0) is 12.4. The van der Waals surface area contributed by atoms with Crippen LogP contribution in [0.3, 0.4) is 0 Å². The molecule has 0 saturated heterocycles. The first-order valence-electron chi connectivity index (χ1n) is 5.93. The van der Waals surface area contributed by atoms with Gasteiger partial charge in [-0.05, 0) is 35.8 Å². The van der Waals surface area contributed by atoms with E-state index < -0.39 is 0 Å². The topological polar surface area (TPSA) is 20.3 Å². The van der Waals surface area contributed by atoms with Gasteiger partial charge in [0.25, 0.3) is 5.91 Å². The predicted octanol–water partition coefficient (Wildman–Crippen LogP) is 3.89. The van der Waals surface area contributed by atoms with E-state index in [9.17, 15) is 4.79 Å². The van der Waals surface area contributed by atoms with Gasteiger partial charge in [-0.1, -0.05) is 18.2 Å². The largest absolute Gasteiger partial charge is 0.307 e. The number of hydrogen-bond acceptors (Lipinski definition) is 3. The lowest BCUT2D eigenvalue weighted by atomic mass is 10.2. The molecule has 2 aromatic rings. The number of carbonyl (C=O) groups excluding carboxylic acids is 1. The second kappa shape index (κ2) is 5.16. The van der Waals surface area contributed by atoms with Gasteiger partial charge < -0.3 is 4.90 Å². The Morgan fingerprint density at radius 3 is 2.89 bits per heavy atom. The fourth-order valence-corrected chi connectivity index (χ4v) is 3.74. The standard InChI is InChI=1S/C14H13NOS2/c16-14(13-7-3-9-18-13)15-8-4-10-17-12-6-2-1-5-11(12)15/h1-3,5-7,9H,4,8,10H2. The summed E-state index contributed by atoms with van der Waals surface area (Å²) >= 11 is 3.35. The van der Waals surface area contributed by atoms with E-state index in [-0.39, 0.29) is 5.91 Å². The van der Waals surface area contributed by atoms with Crippen LogP contribution in [-0.4, -0.2) is 18.2 Å². The number of rotatable bonds is 1. The second-order valence-corrected chi connectivity index (χ2v) is 6.19. The molecule has 0 aliphatic carbocycles. The molecule has 1 aliphatic heterocycles. The smallest absolute Gasteiger partial charge is 0.268 e. The summed E-state index contributed by atoms with van der Waals surface area (Å²) in [6.07, 6.45) is 1.04. The fourth-order valence-electron chi connectivity index (χ4n) is 2.07. The summed E-state index contributed by atoms with van der Waals surface area (Å²) in [6.45, 7) is 0.806. The maximum Gasteiger partial charge on any atom is 0.268 e. The minimum Gasteiger partial charge on any atom is -0.307 e. The number of nitrogens with zero attached hydrogens (tertiary/aromatic N) is 1. The number of carbonyl (C=O) groups is 1. The molecule has 4 heteroatoms. The molecule has 2 nitrogen and oxygen atoms in total. The van der Waals surface area contributed by atoms with Gasteiger partial charge in [0.2, 0.25) is 0 Å². The van der Waals surface area contributed by atoms with E-state index in [1.54, 1.807) is 0 Å². The molecule has 92 valence electrons. The lowest BCUT2D eigenvalue weighted by Gasteiger charge is -2.21. The molecule has 1 aromatic heterocycles. The number of thioether (sulfide) groups is 1. The van der Waals surface area contributed by atoms with E-state index in [1.165, 1.54) is 16.2 Å². The van der Waals surface area contributed by atoms with Crippen molar-refractivity contribution in [2.45, 2.75) is 11.3 Å². The molecule has 1 aliphatic rings. The molecule has 0 unspecified atom stereocenters. The average Bonchev–Trinajstić information content (AvgIpc) is 2.85. The van der Waals surface area contributed by atoms with E-state index in [4.69, 9.17) is 0 Å². The molecule has 0 radical (unpaired) electrons. The third kappa shape index (κ3) is 2.18. The van der Waals surface area contributed by atoms with Crippen molar-refractivity contribution in [1.82, 2.24) is 0 Å². The summed E-state index contributed by atoms with van der Waals surface area (Å²) in [5.41, 5.74) is 1.05. The summed E-state index contributed by atoms with van der Waals surface area (Å²) in [5.74, 6) is 1.20. The number of hydrogen-bond donors (Lipinski definition) is 0. The monoisotopic (exact) mass is 275 g/mol. The molecule has 3 rings (SSSR count). The van der Waals surface area contributed by atoms with Gasteiger partial charge >= 0.3 is 0 Å². The van der Waals surface area contributed by atoms with Crippen LogP contribution in [0.15, 0.2) is 46.7 Å². The van der Waals surface area contributed by atoms with Crippen molar-refractivity contribution in [2.75, 3.05) is 17.2 Å². The van der Waals surface area contributed by atoms with Crippen LogP contribution in [0.2, 0.25) is 0 Å². The first-order valence-corrected chi connectivity index (χ1v) is 7.80. The van der Waals surface area contributed by atoms with Crippen LogP contribution >= 0.6 is 23.1 Å². The summed E-state index contributed by atoms with van der Waals surface area (Å²) < 4.78 is 0. The summed E-state index contributed by atoms with van der Waals surface area (Å²) in [7, 11) is 0. The van der Waals surface area contributed by atoms with Crippen LogP contribution in [0, 0.1) is 0 Å².